The van der Waals surface area contributed by atoms with Crippen LogP contribution in [0.25, 0.3) is 16.6 Å². The minimum absolute atomic E-state index is 1.17. The molecule has 0 unspecified atom stereocenters. The number of nitrogens with zero attached hydrogens (tertiary/aromatic N) is 1. The van der Waals surface area contributed by atoms with Crippen molar-refractivity contribution in [2.75, 3.05) is 0 Å². The maximum atomic E-state index is 2.26. The molecule has 1 nitrogen and oxygen atoms in total. The van der Waals surface area contributed by atoms with Crippen molar-refractivity contribution >= 4 is 5.52 Å². The highest BCUT2D eigenvalue weighted by molar-refractivity contribution is 5.70. The molecule has 3 rings (SSSR count). The second-order valence-corrected chi connectivity index (χ2v) is 5.07. The van der Waals surface area contributed by atoms with E-state index in [1.807, 2.05) is 0 Å². The van der Waals surface area contributed by atoms with E-state index in [1.54, 1.807) is 0 Å². The van der Waals surface area contributed by atoms with Gasteiger partial charge in [-0.2, -0.15) is 0 Å². The lowest BCUT2D eigenvalue weighted by Crippen LogP contribution is -1.88. The molecule has 0 atom stereocenters. The molecule has 0 amide bonds. The van der Waals surface area contributed by atoms with Gasteiger partial charge in [-0.25, -0.2) is 0 Å². The molecule has 96 valence electrons. The smallest absolute Gasteiger partial charge is 0.0456 e. The summed E-state index contributed by atoms with van der Waals surface area (Å²) in [5.41, 5.74) is 5.25. The molecule has 0 saturated carbocycles. The van der Waals surface area contributed by atoms with Gasteiger partial charge in [0.05, 0.1) is 0 Å². The summed E-state index contributed by atoms with van der Waals surface area (Å²) in [5, 5.41) is 0. The first-order chi connectivity index (χ1) is 9.36. The van der Waals surface area contributed by atoms with Crippen LogP contribution in [0.2, 0.25) is 0 Å². The fourth-order valence-corrected chi connectivity index (χ4v) is 2.47. The summed E-state index contributed by atoms with van der Waals surface area (Å²) in [5.74, 6) is 0. The zero-order valence-electron chi connectivity index (χ0n) is 11.3. The van der Waals surface area contributed by atoms with E-state index >= 15 is 0 Å². The Kier molecular flexibility index (Phi) is 3.37. The molecule has 0 N–H and O–H groups in total. The van der Waals surface area contributed by atoms with Gasteiger partial charge in [-0.15, -0.1) is 0 Å². The van der Waals surface area contributed by atoms with Gasteiger partial charge in [0.2, 0.25) is 0 Å². The fraction of sp³-hybridized carbons (Fsp3) is 0.222. The number of unbranched alkanes of at least 4 members (excludes halogenated alkanes) is 1. The lowest BCUT2D eigenvalue weighted by Gasteiger charge is -2.01. The van der Waals surface area contributed by atoms with E-state index < -0.39 is 0 Å². The molecule has 0 radical (unpaired) electrons. The van der Waals surface area contributed by atoms with Crippen LogP contribution in [0, 0.1) is 0 Å². The molecule has 1 aromatic carbocycles. The minimum atomic E-state index is 1.17. The van der Waals surface area contributed by atoms with E-state index in [2.05, 4.69) is 72.2 Å². The van der Waals surface area contributed by atoms with E-state index in [9.17, 15) is 0 Å². The first-order valence-corrected chi connectivity index (χ1v) is 7.03. The third-order valence-electron chi connectivity index (χ3n) is 3.58. The van der Waals surface area contributed by atoms with Crippen LogP contribution >= 0.6 is 0 Å². The Morgan fingerprint density at radius 2 is 1.74 bits per heavy atom. The number of rotatable bonds is 4. The molecule has 19 heavy (non-hydrogen) atoms. The summed E-state index contributed by atoms with van der Waals surface area (Å²) >= 11 is 0. The molecule has 2 heterocycles. The van der Waals surface area contributed by atoms with Crippen LogP contribution in [0.15, 0.2) is 60.9 Å². The van der Waals surface area contributed by atoms with E-state index in [1.165, 1.54) is 41.5 Å². The highest BCUT2D eigenvalue weighted by Crippen LogP contribution is 2.23. The lowest BCUT2D eigenvalue weighted by atomic mass is 10.1. The first kappa shape index (κ1) is 12.0. The third-order valence-corrected chi connectivity index (χ3v) is 3.58. The molecule has 0 aliphatic rings. The molecule has 0 spiro atoms. The van der Waals surface area contributed by atoms with Crippen LogP contribution in [0.1, 0.15) is 25.3 Å². The molecule has 0 bridgehead atoms. The van der Waals surface area contributed by atoms with Gasteiger partial charge in [-0.05, 0) is 36.1 Å². The molecule has 0 aliphatic heterocycles. The number of hydrogen-bond acceptors (Lipinski definition) is 0. The molecule has 0 fully saturated rings. The van der Waals surface area contributed by atoms with Crippen molar-refractivity contribution in [3.05, 3.63) is 66.5 Å². The quantitative estimate of drug-likeness (QED) is 0.616. The second-order valence-electron chi connectivity index (χ2n) is 5.07. The Hall–Kier alpha value is -2.02. The number of benzene rings is 1. The predicted molar refractivity (Wildman–Crippen MR) is 81.4 cm³/mol. The minimum Gasteiger partial charge on any atom is -0.323 e. The topological polar surface area (TPSA) is 4.41 Å². The summed E-state index contributed by atoms with van der Waals surface area (Å²) in [6.45, 7) is 2.24. The van der Waals surface area contributed by atoms with Crippen molar-refractivity contribution in [2.45, 2.75) is 26.2 Å². The van der Waals surface area contributed by atoms with E-state index in [0.29, 0.717) is 0 Å². The van der Waals surface area contributed by atoms with Crippen LogP contribution in [0.4, 0.5) is 0 Å². The predicted octanol–water partition coefficient (Wildman–Crippen LogP) is 4.95. The Balaban J connectivity index is 1.97. The summed E-state index contributed by atoms with van der Waals surface area (Å²) in [6.07, 6.45) is 8.17. The molecule has 0 aliphatic carbocycles. The first-order valence-electron chi connectivity index (χ1n) is 7.03. The summed E-state index contributed by atoms with van der Waals surface area (Å²) in [6, 6.07) is 17.3. The number of fused-ring (bicyclic) bond motifs is 1. The number of hydrogen-bond donors (Lipinski definition) is 0. The standard InChI is InChI=1S/C18H19N/c1-2-3-7-15-10-11-18-12-17(14-19(18)13-15)16-8-5-4-6-9-16/h4-6,8-14H,2-3,7H2,1H3. The summed E-state index contributed by atoms with van der Waals surface area (Å²) < 4.78 is 2.24. The monoisotopic (exact) mass is 249 g/mol. The zero-order valence-corrected chi connectivity index (χ0v) is 11.3. The van der Waals surface area contributed by atoms with Gasteiger partial charge in [0.25, 0.3) is 0 Å². The Labute approximate surface area is 114 Å². The van der Waals surface area contributed by atoms with Crippen LogP contribution in [0.3, 0.4) is 0 Å². The number of aromatic nitrogens is 1. The molecule has 0 saturated heterocycles. The lowest BCUT2D eigenvalue weighted by molar-refractivity contribution is 0.791. The van der Waals surface area contributed by atoms with Crippen molar-refractivity contribution < 1.29 is 0 Å². The van der Waals surface area contributed by atoms with Crippen molar-refractivity contribution in [3.8, 4) is 11.1 Å². The van der Waals surface area contributed by atoms with E-state index in [0.717, 1.165) is 0 Å². The highest BCUT2D eigenvalue weighted by atomic mass is 14.9. The van der Waals surface area contributed by atoms with Crippen molar-refractivity contribution in [3.63, 3.8) is 0 Å². The van der Waals surface area contributed by atoms with E-state index in [-0.39, 0.29) is 0 Å². The average molecular weight is 249 g/mol. The second kappa shape index (κ2) is 5.31. The number of pyridine rings is 1. The SMILES string of the molecule is CCCCc1ccc2cc(-c3ccccc3)cn2c1. The Bertz CT molecular complexity index is 664. The van der Waals surface area contributed by atoms with Gasteiger partial charge < -0.3 is 4.40 Å². The number of aryl methyl sites for hydroxylation is 1. The van der Waals surface area contributed by atoms with Crippen molar-refractivity contribution in [1.82, 2.24) is 4.40 Å². The van der Waals surface area contributed by atoms with Gasteiger partial charge in [-0.3, -0.25) is 0 Å². The van der Waals surface area contributed by atoms with Crippen LogP contribution in [0.5, 0.6) is 0 Å². The highest BCUT2D eigenvalue weighted by Gasteiger charge is 2.02. The molecule has 1 heteroatoms. The van der Waals surface area contributed by atoms with Crippen LogP contribution in [-0.2, 0) is 6.42 Å². The van der Waals surface area contributed by atoms with Gasteiger partial charge in [-0.1, -0.05) is 49.7 Å². The largest absolute Gasteiger partial charge is 0.323 e. The third kappa shape index (κ3) is 2.55. The van der Waals surface area contributed by atoms with Crippen LogP contribution < -0.4 is 0 Å². The van der Waals surface area contributed by atoms with Crippen LogP contribution in [-0.4, -0.2) is 4.40 Å². The summed E-state index contributed by atoms with van der Waals surface area (Å²) in [4.78, 5) is 0. The molecule has 3 aromatic rings. The van der Waals surface area contributed by atoms with Gasteiger partial charge >= 0.3 is 0 Å². The van der Waals surface area contributed by atoms with Gasteiger partial charge in [0.15, 0.2) is 0 Å². The maximum absolute atomic E-state index is 2.26. The normalized spacial score (nSPS) is 11.0. The van der Waals surface area contributed by atoms with Crippen molar-refractivity contribution in [2.24, 2.45) is 0 Å². The molecular weight excluding hydrogens is 230 g/mol. The zero-order chi connectivity index (χ0) is 13.1. The Morgan fingerprint density at radius 1 is 0.895 bits per heavy atom. The van der Waals surface area contributed by atoms with Gasteiger partial charge in [0.1, 0.15) is 0 Å². The molecular formula is C18H19N. The summed E-state index contributed by atoms with van der Waals surface area (Å²) in [7, 11) is 0. The van der Waals surface area contributed by atoms with Crippen molar-refractivity contribution in [1.29, 1.82) is 0 Å². The fourth-order valence-electron chi connectivity index (χ4n) is 2.47. The maximum Gasteiger partial charge on any atom is 0.0456 e. The Morgan fingerprint density at radius 3 is 2.53 bits per heavy atom. The molecule has 2 aromatic heterocycles. The van der Waals surface area contributed by atoms with E-state index in [4.69, 9.17) is 0 Å². The average Bonchev–Trinajstić information content (AvgIpc) is 2.89. The van der Waals surface area contributed by atoms with Gasteiger partial charge in [0, 0.05) is 23.5 Å².